The van der Waals surface area contributed by atoms with Crippen molar-refractivity contribution in [3.8, 4) is 0 Å². The number of rotatable bonds is 3. The monoisotopic (exact) mass is 391 g/mol. The summed E-state index contributed by atoms with van der Waals surface area (Å²) in [6, 6.07) is 2.59. The number of piperidine rings is 2. The molecule has 0 atom stereocenters. The standard InChI is InChI=1S/C18H22F5N3O/c19-17(20)4-9-26(10-5-17)16(27)11-13-2-7-25(8-3-13)14-1-6-24-15(12-14)18(21,22)23/h1,6,12-13H,2-5,7-11H2. The third kappa shape index (κ3) is 5.07. The number of aromatic nitrogens is 1. The van der Waals surface area contributed by atoms with Crippen LogP contribution in [-0.4, -0.2) is 47.9 Å². The zero-order valence-electron chi connectivity index (χ0n) is 14.8. The Morgan fingerprint density at radius 3 is 2.37 bits per heavy atom. The number of hydrogen-bond donors (Lipinski definition) is 0. The van der Waals surface area contributed by atoms with Gasteiger partial charge in [-0.2, -0.15) is 13.2 Å². The Bertz CT molecular complexity index is 661. The molecule has 1 aromatic heterocycles. The zero-order valence-corrected chi connectivity index (χ0v) is 14.8. The number of likely N-dealkylation sites (tertiary alicyclic amines) is 1. The van der Waals surface area contributed by atoms with Crippen LogP contribution in [0.4, 0.5) is 27.6 Å². The van der Waals surface area contributed by atoms with E-state index in [4.69, 9.17) is 0 Å². The third-order valence-corrected chi connectivity index (χ3v) is 5.32. The van der Waals surface area contributed by atoms with Crippen molar-refractivity contribution in [3.63, 3.8) is 0 Å². The van der Waals surface area contributed by atoms with Crippen molar-refractivity contribution < 1.29 is 26.7 Å². The number of anilines is 1. The molecule has 9 heteroatoms. The van der Waals surface area contributed by atoms with Gasteiger partial charge in [-0.15, -0.1) is 0 Å². The first kappa shape index (κ1) is 19.8. The van der Waals surface area contributed by atoms with Gasteiger partial charge in [0.15, 0.2) is 0 Å². The molecule has 2 aliphatic heterocycles. The molecule has 1 amide bonds. The van der Waals surface area contributed by atoms with Crippen LogP contribution in [0.5, 0.6) is 0 Å². The first-order valence-electron chi connectivity index (χ1n) is 9.08. The van der Waals surface area contributed by atoms with Crippen LogP contribution in [0, 0.1) is 5.92 Å². The minimum atomic E-state index is -4.48. The maximum Gasteiger partial charge on any atom is 0.433 e. The van der Waals surface area contributed by atoms with Gasteiger partial charge in [0.1, 0.15) is 5.69 Å². The maximum absolute atomic E-state index is 13.2. The van der Waals surface area contributed by atoms with Crippen molar-refractivity contribution >= 4 is 11.6 Å². The fourth-order valence-electron chi connectivity index (χ4n) is 3.63. The van der Waals surface area contributed by atoms with Gasteiger partial charge in [-0.25, -0.2) is 8.78 Å². The first-order valence-corrected chi connectivity index (χ1v) is 9.08. The molecule has 0 spiro atoms. The highest BCUT2D eigenvalue weighted by Gasteiger charge is 2.36. The van der Waals surface area contributed by atoms with Crippen LogP contribution in [0.2, 0.25) is 0 Å². The lowest BCUT2D eigenvalue weighted by Crippen LogP contribution is -2.44. The highest BCUT2D eigenvalue weighted by atomic mass is 19.4. The Morgan fingerprint density at radius 2 is 1.78 bits per heavy atom. The fraction of sp³-hybridized carbons (Fsp3) is 0.667. The number of hydrogen-bond acceptors (Lipinski definition) is 3. The Labute approximate surface area is 154 Å². The van der Waals surface area contributed by atoms with Crippen LogP contribution in [0.15, 0.2) is 18.3 Å². The lowest BCUT2D eigenvalue weighted by molar-refractivity contribution is -0.141. The van der Waals surface area contributed by atoms with Crippen molar-refractivity contribution in [1.29, 1.82) is 0 Å². The minimum Gasteiger partial charge on any atom is -0.371 e. The fourth-order valence-corrected chi connectivity index (χ4v) is 3.63. The summed E-state index contributed by atoms with van der Waals surface area (Å²) in [5.74, 6) is -2.66. The van der Waals surface area contributed by atoms with E-state index in [9.17, 15) is 26.7 Å². The molecule has 0 saturated carbocycles. The predicted octanol–water partition coefficient (Wildman–Crippen LogP) is 3.96. The molecule has 0 unspecified atom stereocenters. The molecule has 3 rings (SSSR count). The van der Waals surface area contributed by atoms with E-state index in [1.165, 1.54) is 4.90 Å². The summed E-state index contributed by atoms with van der Waals surface area (Å²) in [4.78, 5) is 19.0. The number of amides is 1. The van der Waals surface area contributed by atoms with E-state index in [0.29, 0.717) is 38.0 Å². The predicted molar refractivity (Wildman–Crippen MR) is 89.6 cm³/mol. The summed E-state index contributed by atoms with van der Waals surface area (Å²) in [6.45, 7) is 1.28. The molecule has 150 valence electrons. The maximum atomic E-state index is 13.2. The molecule has 0 radical (unpaired) electrons. The van der Waals surface area contributed by atoms with Gasteiger partial charge < -0.3 is 9.80 Å². The number of carbonyl (C=O) groups excluding carboxylic acids is 1. The summed E-state index contributed by atoms with van der Waals surface area (Å²) >= 11 is 0. The van der Waals surface area contributed by atoms with E-state index in [-0.39, 0.29) is 37.8 Å². The van der Waals surface area contributed by atoms with Crippen molar-refractivity contribution in [2.24, 2.45) is 5.92 Å². The Balaban J connectivity index is 1.50. The average molecular weight is 391 g/mol. The highest BCUT2D eigenvalue weighted by molar-refractivity contribution is 5.76. The molecule has 0 aliphatic carbocycles. The van der Waals surface area contributed by atoms with Crippen LogP contribution in [-0.2, 0) is 11.0 Å². The van der Waals surface area contributed by atoms with Gasteiger partial charge in [0, 0.05) is 57.3 Å². The molecular formula is C18H22F5N3O. The number of carbonyl (C=O) groups is 1. The SMILES string of the molecule is O=C(CC1CCN(c2ccnc(C(F)(F)F)c2)CC1)N1CCC(F)(F)CC1. The van der Waals surface area contributed by atoms with Crippen molar-refractivity contribution in [2.45, 2.75) is 44.2 Å². The van der Waals surface area contributed by atoms with Gasteiger partial charge in [-0.05, 0) is 30.9 Å². The number of nitrogens with zero attached hydrogens (tertiary/aromatic N) is 3. The summed E-state index contributed by atoms with van der Waals surface area (Å²) in [5, 5.41) is 0. The number of pyridine rings is 1. The largest absolute Gasteiger partial charge is 0.433 e. The zero-order chi connectivity index (χ0) is 19.7. The van der Waals surface area contributed by atoms with Crippen LogP contribution in [0.3, 0.4) is 0 Å². The highest BCUT2D eigenvalue weighted by Crippen LogP contribution is 2.32. The normalized spacial score (nSPS) is 21.4. The second kappa shape index (κ2) is 7.59. The van der Waals surface area contributed by atoms with E-state index < -0.39 is 17.8 Å². The Hall–Kier alpha value is -1.93. The van der Waals surface area contributed by atoms with Crippen LogP contribution >= 0.6 is 0 Å². The van der Waals surface area contributed by atoms with Crippen LogP contribution in [0.1, 0.15) is 37.8 Å². The molecular weight excluding hydrogens is 369 g/mol. The van der Waals surface area contributed by atoms with Gasteiger partial charge in [0.25, 0.3) is 5.92 Å². The van der Waals surface area contributed by atoms with E-state index >= 15 is 0 Å². The van der Waals surface area contributed by atoms with Gasteiger partial charge in [-0.3, -0.25) is 9.78 Å². The second-order valence-corrected chi connectivity index (χ2v) is 7.27. The van der Waals surface area contributed by atoms with Crippen molar-refractivity contribution in [1.82, 2.24) is 9.88 Å². The Kier molecular flexibility index (Phi) is 5.58. The molecule has 1 aromatic rings. The summed E-state index contributed by atoms with van der Waals surface area (Å²) in [5.41, 5.74) is -0.445. The second-order valence-electron chi connectivity index (χ2n) is 7.27. The molecule has 3 heterocycles. The quantitative estimate of drug-likeness (QED) is 0.732. The van der Waals surface area contributed by atoms with Gasteiger partial charge in [0.2, 0.25) is 5.91 Å². The topological polar surface area (TPSA) is 36.4 Å². The van der Waals surface area contributed by atoms with E-state index in [2.05, 4.69) is 4.98 Å². The molecule has 0 aromatic carbocycles. The minimum absolute atomic E-state index is 0.0852. The van der Waals surface area contributed by atoms with E-state index in [1.807, 2.05) is 4.90 Å². The smallest absolute Gasteiger partial charge is 0.371 e. The third-order valence-electron chi connectivity index (χ3n) is 5.32. The molecule has 27 heavy (non-hydrogen) atoms. The van der Waals surface area contributed by atoms with Gasteiger partial charge in [0.05, 0.1) is 0 Å². The molecule has 4 nitrogen and oxygen atoms in total. The summed E-state index contributed by atoms with van der Waals surface area (Å²) in [7, 11) is 0. The molecule has 2 saturated heterocycles. The van der Waals surface area contributed by atoms with Crippen LogP contribution in [0.25, 0.3) is 0 Å². The molecule has 2 aliphatic rings. The Morgan fingerprint density at radius 1 is 1.15 bits per heavy atom. The molecule has 2 fully saturated rings. The van der Waals surface area contributed by atoms with Crippen molar-refractivity contribution in [3.05, 3.63) is 24.0 Å². The lowest BCUT2D eigenvalue weighted by atomic mass is 9.92. The molecule has 0 N–H and O–H groups in total. The van der Waals surface area contributed by atoms with Crippen LogP contribution < -0.4 is 4.90 Å². The van der Waals surface area contributed by atoms with Crippen molar-refractivity contribution in [2.75, 3.05) is 31.1 Å². The number of alkyl halides is 5. The first-order chi connectivity index (χ1) is 12.6. The van der Waals surface area contributed by atoms with Gasteiger partial charge >= 0.3 is 6.18 Å². The lowest BCUT2D eigenvalue weighted by Gasteiger charge is -2.36. The summed E-state index contributed by atoms with van der Waals surface area (Å²) in [6.07, 6.45) is -2.24. The summed E-state index contributed by atoms with van der Waals surface area (Å²) < 4.78 is 64.8. The van der Waals surface area contributed by atoms with E-state index in [1.54, 1.807) is 6.07 Å². The van der Waals surface area contributed by atoms with Gasteiger partial charge in [-0.1, -0.05) is 0 Å². The number of halogens is 5. The van der Waals surface area contributed by atoms with E-state index in [0.717, 1.165) is 12.3 Å². The molecule has 0 bridgehead atoms. The average Bonchev–Trinajstić information content (AvgIpc) is 2.61.